The Kier molecular flexibility index (Phi) is 2.08. The summed E-state index contributed by atoms with van der Waals surface area (Å²) in [6, 6.07) is 4.24. The van der Waals surface area contributed by atoms with Crippen molar-refractivity contribution >= 4 is 12.4 Å². The Labute approximate surface area is 67.8 Å². The second-order valence-corrected chi connectivity index (χ2v) is 2.91. The van der Waals surface area contributed by atoms with Gasteiger partial charge in [0.15, 0.2) is 0 Å². The second-order valence-electron chi connectivity index (χ2n) is 2.91. The fourth-order valence-electron chi connectivity index (χ4n) is 1.42. The number of aliphatic imine (C=N–C) groups is 1. The molecule has 0 N–H and O–H groups in total. The third-order valence-corrected chi connectivity index (χ3v) is 1.79. The zero-order valence-corrected chi connectivity index (χ0v) is 7.31. The van der Waals surface area contributed by atoms with Crippen molar-refractivity contribution in [2.75, 3.05) is 0 Å². The van der Waals surface area contributed by atoms with Crippen LogP contribution in [-0.4, -0.2) is 6.72 Å². The highest BCUT2D eigenvalue weighted by Gasteiger charge is 1.99. The summed E-state index contributed by atoms with van der Waals surface area (Å²) >= 11 is 0. The van der Waals surface area contributed by atoms with Gasteiger partial charge in [-0.25, -0.2) is 0 Å². The third kappa shape index (κ3) is 1.48. The summed E-state index contributed by atoms with van der Waals surface area (Å²) in [5.41, 5.74) is 4.72. The molecule has 0 saturated heterocycles. The molecule has 0 fully saturated rings. The summed E-state index contributed by atoms with van der Waals surface area (Å²) in [7, 11) is 0. The van der Waals surface area contributed by atoms with Crippen LogP contribution in [0.15, 0.2) is 17.1 Å². The maximum atomic E-state index is 3.96. The molecule has 0 heterocycles. The number of hydrogen-bond acceptors (Lipinski definition) is 1. The van der Waals surface area contributed by atoms with E-state index in [1.54, 1.807) is 0 Å². The van der Waals surface area contributed by atoms with Crippen molar-refractivity contribution in [3.05, 3.63) is 28.8 Å². The molecule has 58 valence electrons. The van der Waals surface area contributed by atoms with E-state index < -0.39 is 0 Å². The monoisotopic (exact) mass is 147 g/mol. The SMILES string of the molecule is C=Nc1c(C)cc(C)cc1C. The van der Waals surface area contributed by atoms with Crippen LogP contribution in [0.2, 0.25) is 0 Å². The summed E-state index contributed by atoms with van der Waals surface area (Å²) in [5, 5.41) is 0. The first-order chi connectivity index (χ1) is 5.15. The zero-order valence-electron chi connectivity index (χ0n) is 7.31. The largest absolute Gasteiger partial charge is 0.264 e. The van der Waals surface area contributed by atoms with Gasteiger partial charge in [0.2, 0.25) is 0 Å². The smallest absolute Gasteiger partial charge is 0.0680 e. The van der Waals surface area contributed by atoms with Crippen molar-refractivity contribution in [1.82, 2.24) is 0 Å². The average Bonchev–Trinajstić information content (AvgIpc) is 1.85. The molecule has 0 bridgehead atoms. The first-order valence-corrected chi connectivity index (χ1v) is 3.69. The zero-order chi connectivity index (χ0) is 8.43. The van der Waals surface area contributed by atoms with Crippen molar-refractivity contribution in [1.29, 1.82) is 0 Å². The van der Waals surface area contributed by atoms with Gasteiger partial charge in [0.25, 0.3) is 0 Å². The number of nitrogens with zero attached hydrogens (tertiary/aromatic N) is 1. The Hall–Kier alpha value is -1.11. The predicted octanol–water partition coefficient (Wildman–Crippen LogP) is 2.94. The molecule has 0 aliphatic rings. The van der Waals surface area contributed by atoms with E-state index in [4.69, 9.17) is 0 Å². The molecule has 1 rings (SSSR count). The van der Waals surface area contributed by atoms with Crippen molar-refractivity contribution in [2.24, 2.45) is 4.99 Å². The maximum absolute atomic E-state index is 3.96. The molecule has 11 heavy (non-hydrogen) atoms. The van der Waals surface area contributed by atoms with E-state index >= 15 is 0 Å². The summed E-state index contributed by atoms with van der Waals surface area (Å²) in [5.74, 6) is 0. The Bertz CT molecular complexity index is 264. The van der Waals surface area contributed by atoms with Crippen molar-refractivity contribution in [3.8, 4) is 0 Å². The molecule has 0 aliphatic heterocycles. The first kappa shape index (κ1) is 7.99. The maximum Gasteiger partial charge on any atom is 0.0680 e. The van der Waals surface area contributed by atoms with Gasteiger partial charge in [0.1, 0.15) is 0 Å². The van der Waals surface area contributed by atoms with Crippen molar-refractivity contribution in [3.63, 3.8) is 0 Å². The van der Waals surface area contributed by atoms with Gasteiger partial charge in [-0.2, -0.15) is 0 Å². The summed E-state index contributed by atoms with van der Waals surface area (Å²) in [4.78, 5) is 3.96. The molecule has 0 saturated carbocycles. The van der Waals surface area contributed by atoms with Gasteiger partial charge in [0.05, 0.1) is 5.69 Å². The number of aryl methyl sites for hydroxylation is 3. The Morgan fingerprint density at radius 2 is 1.55 bits per heavy atom. The fraction of sp³-hybridized carbons (Fsp3) is 0.300. The lowest BCUT2D eigenvalue weighted by Gasteiger charge is -2.04. The van der Waals surface area contributed by atoms with Crippen LogP contribution in [0.5, 0.6) is 0 Å². The molecule has 1 nitrogen and oxygen atoms in total. The Morgan fingerprint density at radius 3 is 1.91 bits per heavy atom. The van der Waals surface area contributed by atoms with E-state index in [0.717, 1.165) is 5.69 Å². The number of hydrogen-bond donors (Lipinski definition) is 0. The van der Waals surface area contributed by atoms with Gasteiger partial charge < -0.3 is 0 Å². The van der Waals surface area contributed by atoms with E-state index in [-0.39, 0.29) is 0 Å². The van der Waals surface area contributed by atoms with Gasteiger partial charge in [-0.15, -0.1) is 0 Å². The molecule has 0 spiro atoms. The lowest BCUT2D eigenvalue weighted by molar-refractivity contribution is 1.29. The number of benzene rings is 1. The van der Waals surface area contributed by atoms with E-state index in [2.05, 4.69) is 44.6 Å². The summed E-state index contributed by atoms with van der Waals surface area (Å²) in [6.45, 7) is 9.74. The van der Waals surface area contributed by atoms with Crippen molar-refractivity contribution in [2.45, 2.75) is 20.8 Å². The van der Waals surface area contributed by atoms with Gasteiger partial charge in [-0.05, 0) is 38.6 Å². The van der Waals surface area contributed by atoms with Gasteiger partial charge in [-0.1, -0.05) is 17.7 Å². The van der Waals surface area contributed by atoms with Gasteiger partial charge in [-0.3, -0.25) is 4.99 Å². The first-order valence-electron chi connectivity index (χ1n) is 3.69. The highest BCUT2D eigenvalue weighted by Crippen LogP contribution is 2.23. The molecular formula is C10H13N. The molecule has 0 radical (unpaired) electrons. The van der Waals surface area contributed by atoms with Gasteiger partial charge >= 0.3 is 0 Å². The van der Waals surface area contributed by atoms with E-state index in [1.807, 2.05) is 0 Å². The van der Waals surface area contributed by atoms with Crippen molar-refractivity contribution < 1.29 is 0 Å². The minimum absolute atomic E-state index is 1.02. The van der Waals surface area contributed by atoms with Crippen LogP contribution < -0.4 is 0 Å². The summed E-state index contributed by atoms with van der Waals surface area (Å²) < 4.78 is 0. The van der Waals surface area contributed by atoms with E-state index in [1.165, 1.54) is 16.7 Å². The Morgan fingerprint density at radius 1 is 1.09 bits per heavy atom. The standard InChI is InChI=1S/C10H13N/c1-7-5-8(2)10(11-4)9(3)6-7/h5-6H,4H2,1-3H3. The average molecular weight is 147 g/mol. The second kappa shape index (κ2) is 2.87. The number of rotatable bonds is 1. The summed E-state index contributed by atoms with van der Waals surface area (Å²) in [6.07, 6.45) is 0. The van der Waals surface area contributed by atoms with Crippen LogP contribution in [0.4, 0.5) is 5.69 Å². The normalized spacial score (nSPS) is 9.73. The predicted molar refractivity (Wildman–Crippen MR) is 49.9 cm³/mol. The van der Waals surface area contributed by atoms with Crippen LogP contribution >= 0.6 is 0 Å². The topological polar surface area (TPSA) is 12.4 Å². The van der Waals surface area contributed by atoms with Crippen LogP contribution in [0.3, 0.4) is 0 Å². The van der Waals surface area contributed by atoms with E-state index in [0.29, 0.717) is 0 Å². The Balaban J connectivity index is 3.36. The van der Waals surface area contributed by atoms with Crippen LogP contribution in [0.1, 0.15) is 16.7 Å². The van der Waals surface area contributed by atoms with Crippen LogP contribution in [-0.2, 0) is 0 Å². The molecule has 0 atom stereocenters. The molecule has 1 aromatic carbocycles. The minimum atomic E-state index is 1.02. The highest BCUT2D eigenvalue weighted by molar-refractivity contribution is 5.57. The molecule has 0 unspecified atom stereocenters. The minimum Gasteiger partial charge on any atom is -0.264 e. The molecule has 1 aromatic rings. The molecule has 0 aliphatic carbocycles. The molecule has 0 aromatic heterocycles. The quantitative estimate of drug-likeness (QED) is 0.541. The lowest BCUT2D eigenvalue weighted by atomic mass is 10.1. The molecule has 1 heteroatoms. The van der Waals surface area contributed by atoms with Gasteiger partial charge in [0, 0.05) is 0 Å². The van der Waals surface area contributed by atoms with Crippen LogP contribution in [0, 0.1) is 20.8 Å². The lowest BCUT2D eigenvalue weighted by Crippen LogP contribution is -1.82. The fourth-order valence-corrected chi connectivity index (χ4v) is 1.42. The highest BCUT2D eigenvalue weighted by atomic mass is 14.7. The molecule has 0 amide bonds. The third-order valence-electron chi connectivity index (χ3n) is 1.79. The molecular weight excluding hydrogens is 134 g/mol. The van der Waals surface area contributed by atoms with Crippen LogP contribution in [0.25, 0.3) is 0 Å². The van der Waals surface area contributed by atoms with E-state index in [9.17, 15) is 0 Å².